The van der Waals surface area contributed by atoms with Gasteiger partial charge in [-0.25, -0.2) is 9.50 Å². The first-order chi connectivity index (χ1) is 14.0. The van der Waals surface area contributed by atoms with Crippen LogP contribution >= 0.6 is 0 Å². The van der Waals surface area contributed by atoms with Gasteiger partial charge in [-0.3, -0.25) is 9.89 Å². The highest BCUT2D eigenvalue weighted by molar-refractivity contribution is 5.80. The van der Waals surface area contributed by atoms with Gasteiger partial charge in [-0.05, 0) is 31.5 Å². The van der Waals surface area contributed by atoms with Gasteiger partial charge < -0.3 is 14.0 Å². The third-order valence-corrected chi connectivity index (χ3v) is 4.95. The summed E-state index contributed by atoms with van der Waals surface area (Å²) in [6.07, 6.45) is 0.472. The number of ether oxygens (including phenoxy) is 2. The Morgan fingerprint density at radius 2 is 1.93 bits per heavy atom. The van der Waals surface area contributed by atoms with Gasteiger partial charge in [0.2, 0.25) is 0 Å². The Morgan fingerprint density at radius 3 is 2.55 bits per heavy atom. The number of benzene rings is 1. The molecule has 0 saturated heterocycles. The maximum atomic E-state index is 12.8. The van der Waals surface area contributed by atoms with Gasteiger partial charge in [-0.15, -0.1) is 0 Å². The molecule has 3 aromatic heterocycles. The van der Waals surface area contributed by atoms with Crippen LogP contribution in [0.2, 0.25) is 0 Å². The van der Waals surface area contributed by atoms with Gasteiger partial charge in [0.05, 0.1) is 30.8 Å². The van der Waals surface area contributed by atoms with Crippen LogP contribution < -0.4 is 10.3 Å². The molecular weight excluding hydrogens is 372 g/mol. The molecule has 0 fully saturated rings. The van der Waals surface area contributed by atoms with Crippen molar-refractivity contribution in [3.63, 3.8) is 0 Å². The van der Waals surface area contributed by atoms with Crippen molar-refractivity contribution in [2.45, 2.75) is 26.9 Å². The van der Waals surface area contributed by atoms with E-state index >= 15 is 0 Å². The molecule has 0 atom stereocenters. The first-order valence-electron chi connectivity index (χ1n) is 9.20. The molecule has 0 aliphatic carbocycles. The van der Waals surface area contributed by atoms with Gasteiger partial charge in [0.25, 0.3) is 5.56 Å². The van der Waals surface area contributed by atoms with Crippen molar-refractivity contribution in [1.82, 2.24) is 19.8 Å². The summed E-state index contributed by atoms with van der Waals surface area (Å²) in [5, 5.41) is 7.11. The largest absolute Gasteiger partial charge is 0.497 e. The number of aromatic nitrogens is 4. The highest BCUT2D eigenvalue weighted by Crippen LogP contribution is 2.29. The molecule has 0 radical (unpaired) electrons. The van der Waals surface area contributed by atoms with Crippen molar-refractivity contribution in [1.29, 1.82) is 0 Å². The van der Waals surface area contributed by atoms with Crippen molar-refractivity contribution in [3.05, 3.63) is 69.1 Å². The van der Waals surface area contributed by atoms with Gasteiger partial charge >= 0.3 is 0 Å². The minimum atomic E-state index is -0.186. The van der Waals surface area contributed by atoms with E-state index < -0.39 is 0 Å². The maximum Gasteiger partial charge on any atom is 0.272 e. The van der Waals surface area contributed by atoms with E-state index in [1.54, 1.807) is 14.2 Å². The predicted octanol–water partition coefficient (Wildman–Crippen LogP) is 3.04. The zero-order chi connectivity index (χ0) is 20.5. The average Bonchev–Trinajstić information content (AvgIpc) is 3.23. The van der Waals surface area contributed by atoms with E-state index in [2.05, 4.69) is 10.3 Å². The Balaban J connectivity index is 1.89. The SMILES string of the molecule is COCc1[nH]n2c(=O)cc(Cc3c(C)noc3C)nc2c1-c1ccc(OC)cc1. The predicted molar refractivity (Wildman–Crippen MR) is 107 cm³/mol. The second-order valence-electron chi connectivity index (χ2n) is 6.85. The molecule has 1 aromatic carbocycles. The lowest BCUT2D eigenvalue weighted by Gasteiger charge is -2.06. The fourth-order valence-corrected chi connectivity index (χ4v) is 3.47. The quantitative estimate of drug-likeness (QED) is 0.540. The van der Waals surface area contributed by atoms with E-state index in [0.717, 1.165) is 39.6 Å². The van der Waals surface area contributed by atoms with Crippen LogP contribution in [0.5, 0.6) is 5.75 Å². The van der Waals surface area contributed by atoms with E-state index in [1.165, 1.54) is 10.6 Å². The molecule has 3 heterocycles. The van der Waals surface area contributed by atoms with E-state index in [4.69, 9.17) is 19.0 Å². The lowest BCUT2D eigenvalue weighted by Crippen LogP contribution is -2.16. The zero-order valence-electron chi connectivity index (χ0n) is 16.8. The van der Waals surface area contributed by atoms with Crippen LogP contribution in [0.3, 0.4) is 0 Å². The summed E-state index contributed by atoms with van der Waals surface area (Å²) in [7, 11) is 3.24. The Labute approximate surface area is 167 Å². The van der Waals surface area contributed by atoms with Gasteiger partial charge in [-0.1, -0.05) is 17.3 Å². The molecule has 29 heavy (non-hydrogen) atoms. The third kappa shape index (κ3) is 3.42. The third-order valence-electron chi connectivity index (χ3n) is 4.95. The number of hydrogen-bond acceptors (Lipinski definition) is 6. The summed E-state index contributed by atoms with van der Waals surface area (Å²) in [5.74, 6) is 1.49. The minimum absolute atomic E-state index is 0.186. The normalized spacial score (nSPS) is 11.3. The Kier molecular flexibility index (Phi) is 4.94. The molecule has 8 nitrogen and oxygen atoms in total. The van der Waals surface area contributed by atoms with E-state index in [9.17, 15) is 4.79 Å². The number of aromatic amines is 1. The summed E-state index contributed by atoms with van der Waals surface area (Å²) >= 11 is 0. The second-order valence-corrected chi connectivity index (χ2v) is 6.85. The van der Waals surface area contributed by atoms with Crippen molar-refractivity contribution in [2.75, 3.05) is 14.2 Å². The summed E-state index contributed by atoms with van der Waals surface area (Å²) in [5.41, 5.74) is 5.28. The van der Waals surface area contributed by atoms with Gasteiger partial charge in [-0.2, -0.15) is 0 Å². The summed E-state index contributed by atoms with van der Waals surface area (Å²) < 4.78 is 17.3. The number of rotatable bonds is 6. The first kappa shape index (κ1) is 18.9. The molecule has 8 heteroatoms. The molecule has 0 aliphatic rings. The smallest absolute Gasteiger partial charge is 0.272 e. The fraction of sp³-hybridized carbons (Fsp3) is 0.286. The van der Waals surface area contributed by atoms with Crippen LogP contribution in [0.4, 0.5) is 0 Å². The molecule has 0 spiro atoms. The van der Waals surface area contributed by atoms with Crippen LogP contribution in [0.1, 0.15) is 28.4 Å². The topological polar surface area (TPSA) is 94.7 Å². The van der Waals surface area contributed by atoms with Crippen molar-refractivity contribution < 1.29 is 14.0 Å². The molecular formula is C21H22N4O4. The maximum absolute atomic E-state index is 12.8. The number of aryl methyl sites for hydroxylation is 2. The fourth-order valence-electron chi connectivity index (χ4n) is 3.47. The molecule has 0 saturated carbocycles. The summed E-state index contributed by atoms with van der Waals surface area (Å²) in [6.45, 7) is 4.06. The number of nitrogens with zero attached hydrogens (tertiary/aromatic N) is 3. The number of H-pyrrole nitrogens is 1. The van der Waals surface area contributed by atoms with Crippen molar-refractivity contribution in [3.8, 4) is 16.9 Å². The van der Waals surface area contributed by atoms with E-state index in [0.29, 0.717) is 24.4 Å². The number of hydrogen-bond donors (Lipinski definition) is 1. The summed E-state index contributed by atoms with van der Waals surface area (Å²) in [6, 6.07) is 9.16. The molecule has 150 valence electrons. The average molecular weight is 394 g/mol. The molecule has 0 amide bonds. The van der Waals surface area contributed by atoms with Gasteiger partial charge in [0.15, 0.2) is 5.65 Å². The van der Waals surface area contributed by atoms with Crippen LogP contribution in [0.15, 0.2) is 39.6 Å². The number of methoxy groups -OCH3 is 2. The first-order valence-corrected chi connectivity index (χ1v) is 9.20. The number of fused-ring (bicyclic) bond motifs is 1. The van der Waals surface area contributed by atoms with Crippen LogP contribution in [0, 0.1) is 13.8 Å². The highest BCUT2D eigenvalue weighted by atomic mass is 16.5. The second kappa shape index (κ2) is 7.56. The number of nitrogens with one attached hydrogen (secondary N) is 1. The zero-order valence-corrected chi connectivity index (χ0v) is 16.8. The minimum Gasteiger partial charge on any atom is -0.497 e. The standard InChI is InChI=1S/C21H22N4O4/c1-12-17(13(2)29-24-12)9-15-10-19(26)25-21(22-15)20(18(23-25)11-27-3)14-5-7-16(28-4)8-6-14/h5-8,10,23H,9,11H2,1-4H3. The van der Waals surface area contributed by atoms with E-state index in [-0.39, 0.29) is 5.56 Å². The highest BCUT2D eigenvalue weighted by Gasteiger charge is 2.18. The van der Waals surface area contributed by atoms with Gasteiger partial charge in [0.1, 0.15) is 11.5 Å². The van der Waals surface area contributed by atoms with E-state index in [1.807, 2.05) is 38.1 Å². The van der Waals surface area contributed by atoms with Crippen LogP contribution in [-0.4, -0.2) is 34.0 Å². The van der Waals surface area contributed by atoms with Crippen LogP contribution in [0.25, 0.3) is 16.8 Å². The lowest BCUT2D eigenvalue weighted by atomic mass is 10.1. The monoisotopic (exact) mass is 394 g/mol. The molecule has 4 rings (SSSR count). The Bertz CT molecular complexity index is 1200. The summed E-state index contributed by atoms with van der Waals surface area (Å²) in [4.78, 5) is 17.6. The molecule has 0 unspecified atom stereocenters. The van der Waals surface area contributed by atoms with Gasteiger partial charge in [0, 0.05) is 30.7 Å². The Hall–Kier alpha value is -3.39. The molecule has 0 aliphatic heterocycles. The van der Waals surface area contributed by atoms with Crippen LogP contribution in [-0.2, 0) is 17.8 Å². The molecule has 0 bridgehead atoms. The van der Waals surface area contributed by atoms with Crippen molar-refractivity contribution in [2.24, 2.45) is 0 Å². The van der Waals surface area contributed by atoms with Crippen molar-refractivity contribution >= 4 is 5.65 Å². The lowest BCUT2D eigenvalue weighted by molar-refractivity contribution is 0.181. The molecule has 1 N–H and O–H groups in total. The Morgan fingerprint density at radius 1 is 1.17 bits per heavy atom. The molecule has 4 aromatic rings.